The SMILES string of the molecule is COC1CCN(c2nnc(-c3nc4ccccc4s3)n2C)CC1. The van der Waals surface area contributed by atoms with Crippen LogP contribution in [-0.4, -0.2) is 46.1 Å². The Morgan fingerprint density at radius 3 is 2.70 bits per heavy atom. The minimum Gasteiger partial charge on any atom is -0.381 e. The molecular formula is C16H19N5OS. The topological polar surface area (TPSA) is 56.1 Å². The lowest BCUT2D eigenvalue weighted by Gasteiger charge is -2.31. The van der Waals surface area contributed by atoms with Crippen LogP contribution in [-0.2, 0) is 11.8 Å². The Labute approximate surface area is 138 Å². The lowest BCUT2D eigenvalue weighted by atomic mass is 10.1. The molecule has 0 bridgehead atoms. The van der Waals surface area contributed by atoms with E-state index in [-0.39, 0.29) is 0 Å². The number of fused-ring (bicyclic) bond motifs is 1. The zero-order valence-electron chi connectivity index (χ0n) is 13.3. The van der Waals surface area contributed by atoms with Gasteiger partial charge in [0.15, 0.2) is 10.8 Å². The molecule has 0 atom stereocenters. The monoisotopic (exact) mass is 329 g/mol. The van der Waals surface area contributed by atoms with Gasteiger partial charge in [-0.1, -0.05) is 12.1 Å². The number of benzene rings is 1. The number of aromatic nitrogens is 4. The summed E-state index contributed by atoms with van der Waals surface area (Å²) in [5, 5.41) is 9.70. The molecule has 0 spiro atoms. The second-order valence-corrected chi connectivity index (χ2v) is 6.82. The van der Waals surface area contributed by atoms with Crippen LogP contribution >= 0.6 is 11.3 Å². The summed E-state index contributed by atoms with van der Waals surface area (Å²) in [6.07, 6.45) is 2.42. The predicted molar refractivity (Wildman–Crippen MR) is 91.9 cm³/mol. The number of rotatable bonds is 3. The van der Waals surface area contributed by atoms with Crippen LogP contribution in [0.25, 0.3) is 21.0 Å². The summed E-state index contributed by atoms with van der Waals surface area (Å²) in [6.45, 7) is 1.90. The summed E-state index contributed by atoms with van der Waals surface area (Å²) in [7, 11) is 3.80. The van der Waals surface area contributed by atoms with E-state index < -0.39 is 0 Å². The van der Waals surface area contributed by atoms with E-state index in [1.54, 1.807) is 18.4 Å². The molecule has 0 unspecified atom stereocenters. The smallest absolute Gasteiger partial charge is 0.227 e. The summed E-state index contributed by atoms with van der Waals surface area (Å²) in [4.78, 5) is 6.96. The van der Waals surface area contributed by atoms with E-state index in [0.29, 0.717) is 6.10 Å². The zero-order valence-corrected chi connectivity index (χ0v) is 14.1. The number of nitrogens with zero attached hydrogens (tertiary/aromatic N) is 5. The second kappa shape index (κ2) is 5.90. The predicted octanol–water partition coefficient (Wildman–Crippen LogP) is 2.71. The third kappa shape index (κ3) is 2.60. The van der Waals surface area contributed by atoms with Gasteiger partial charge in [-0.05, 0) is 25.0 Å². The highest BCUT2D eigenvalue weighted by atomic mass is 32.1. The third-order valence-electron chi connectivity index (χ3n) is 4.40. The summed E-state index contributed by atoms with van der Waals surface area (Å²) in [5.74, 6) is 1.74. The van der Waals surface area contributed by atoms with Crippen LogP contribution in [0.2, 0.25) is 0 Å². The van der Waals surface area contributed by atoms with Gasteiger partial charge in [-0.25, -0.2) is 4.98 Å². The zero-order chi connectivity index (χ0) is 15.8. The first-order chi connectivity index (χ1) is 11.3. The molecule has 6 nitrogen and oxygen atoms in total. The average molecular weight is 329 g/mol. The van der Waals surface area contributed by atoms with Gasteiger partial charge in [0.05, 0.1) is 16.3 Å². The van der Waals surface area contributed by atoms with E-state index in [1.807, 2.05) is 29.8 Å². The molecule has 0 saturated carbocycles. The van der Waals surface area contributed by atoms with E-state index in [2.05, 4.69) is 26.1 Å². The molecule has 3 aromatic rings. The van der Waals surface area contributed by atoms with Gasteiger partial charge >= 0.3 is 0 Å². The molecule has 2 aromatic heterocycles. The van der Waals surface area contributed by atoms with Crippen LogP contribution in [0.1, 0.15) is 12.8 Å². The van der Waals surface area contributed by atoms with Crippen molar-refractivity contribution >= 4 is 27.5 Å². The average Bonchev–Trinajstić information content (AvgIpc) is 3.18. The molecule has 0 radical (unpaired) electrons. The summed E-state index contributed by atoms with van der Waals surface area (Å²) in [6, 6.07) is 8.16. The van der Waals surface area contributed by atoms with E-state index in [4.69, 9.17) is 4.74 Å². The van der Waals surface area contributed by atoms with Crippen LogP contribution in [0.3, 0.4) is 0 Å². The van der Waals surface area contributed by atoms with Crippen molar-refractivity contribution in [3.8, 4) is 10.8 Å². The molecule has 4 rings (SSSR count). The molecule has 3 heterocycles. The van der Waals surface area contributed by atoms with Gasteiger partial charge in [-0.15, -0.1) is 21.5 Å². The van der Waals surface area contributed by atoms with Crippen LogP contribution in [0.4, 0.5) is 5.95 Å². The van der Waals surface area contributed by atoms with Crippen LogP contribution < -0.4 is 4.90 Å². The highest BCUT2D eigenvalue weighted by molar-refractivity contribution is 7.21. The largest absolute Gasteiger partial charge is 0.381 e. The van der Waals surface area contributed by atoms with Crippen molar-refractivity contribution in [2.45, 2.75) is 18.9 Å². The fraction of sp³-hybridized carbons (Fsp3) is 0.438. The van der Waals surface area contributed by atoms with Crippen molar-refractivity contribution in [3.05, 3.63) is 24.3 Å². The van der Waals surface area contributed by atoms with Gasteiger partial charge in [0.25, 0.3) is 0 Å². The Kier molecular flexibility index (Phi) is 3.74. The van der Waals surface area contributed by atoms with Crippen LogP contribution in [0.5, 0.6) is 0 Å². The second-order valence-electron chi connectivity index (χ2n) is 5.79. The van der Waals surface area contributed by atoms with Crippen molar-refractivity contribution in [1.29, 1.82) is 0 Å². The number of hydrogen-bond acceptors (Lipinski definition) is 6. The van der Waals surface area contributed by atoms with Crippen molar-refractivity contribution in [2.24, 2.45) is 7.05 Å². The lowest BCUT2D eigenvalue weighted by Crippen LogP contribution is -2.38. The van der Waals surface area contributed by atoms with Crippen molar-refractivity contribution in [2.75, 3.05) is 25.1 Å². The summed E-state index contributed by atoms with van der Waals surface area (Å²) in [5.41, 5.74) is 1.01. The molecular weight excluding hydrogens is 310 g/mol. The Hall–Kier alpha value is -1.99. The van der Waals surface area contributed by atoms with E-state index in [0.717, 1.165) is 48.2 Å². The molecule has 1 aliphatic heterocycles. The maximum atomic E-state index is 5.44. The molecule has 1 fully saturated rings. The maximum absolute atomic E-state index is 5.44. The van der Waals surface area contributed by atoms with Gasteiger partial charge in [0.2, 0.25) is 5.95 Å². The molecule has 1 saturated heterocycles. The van der Waals surface area contributed by atoms with Gasteiger partial charge in [0, 0.05) is 27.2 Å². The summed E-state index contributed by atoms with van der Waals surface area (Å²) < 4.78 is 8.66. The van der Waals surface area contributed by atoms with Gasteiger partial charge in [-0.2, -0.15) is 0 Å². The van der Waals surface area contributed by atoms with Crippen molar-refractivity contribution < 1.29 is 4.74 Å². The third-order valence-corrected chi connectivity index (χ3v) is 5.43. The highest BCUT2D eigenvalue weighted by Crippen LogP contribution is 2.30. The molecule has 0 amide bonds. The maximum Gasteiger partial charge on any atom is 0.227 e. The van der Waals surface area contributed by atoms with Crippen molar-refractivity contribution in [1.82, 2.24) is 19.7 Å². The Balaban J connectivity index is 1.63. The summed E-state index contributed by atoms with van der Waals surface area (Å²) >= 11 is 1.66. The minimum absolute atomic E-state index is 0.364. The number of hydrogen-bond donors (Lipinski definition) is 0. The van der Waals surface area contributed by atoms with Gasteiger partial charge < -0.3 is 9.64 Å². The van der Waals surface area contributed by atoms with Gasteiger partial charge in [0.1, 0.15) is 0 Å². The molecule has 7 heteroatoms. The minimum atomic E-state index is 0.364. The molecule has 0 N–H and O–H groups in total. The number of piperidine rings is 1. The van der Waals surface area contributed by atoms with E-state index in [1.165, 1.54) is 4.70 Å². The number of thiazole rings is 1. The quantitative estimate of drug-likeness (QED) is 0.739. The number of ether oxygens (including phenoxy) is 1. The Morgan fingerprint density at radius 1 is 1.17 bits per heavy atom. The first-order valence-corrected chi connectivity index (χ1v) is 8.61. The first-order valence-electron chi connectivity index (χ1n) is 7.79. The normalized spacial score (nSPS) is 16.3. The van der Waals surface area contributed by atoms with Crippen LogP contribution in [0, 0.1) is 0 Å². The molecule has 1 aliphatic rings. The van der Waals surface area contributed by atoms with E-state index in [9.17, 15) is 0 Å². The molecule has 1 aromatic carbocycles. The highest BCUT2D eigenvalue weighted by Gasteiger charge is 2.24. The fourth-order valence-corrected chi connectivity index (χ4v) is 4.03. The number of anilines is 1. The Morgan fingerprint density at radius 2 is 1.96 bits per heavy atom. The van der Waals surface area contributed by atoms with Crippen molar-refractivity contribution in [3.63, 3.8) is 0 Å². The molecule has 0 aliphatic carbocycles. The van der Waals surface area contributed by atoms with E-state index >= 15 is 0 Å². The van der Waals surface area contributed by atoms with Crippen LogP contribution in [0.15, 0.2) is 24.3 Å². The van der Waals surface area contributed by atoms with Gasteiger partial charge in [-0.3, -0.25) is 4.57 Å². The first kappa shape index (κ1) is 14.6. The molecule has 23 heavy (non-hydrogen) atoms. The number of methoxy groups -OCH3 is 1. The number of para-hydroxylation sites is 1. The Bertz CT molecular complexity index is 786. The lowest BCUT2D eigenvalue weighted by molar-refractivity contribution is 0.0815. The molecule has 120 valence electrons. The fourth-order valence-electron chi connectivity index (χ4n) is 3.04. The standard InChI is InChI=1S/C16H19N5OS/c1-20-14(15-17-12-5-3-4-6-13(12)23-15)18-19-16(20)21-9-7-11(22-2)8-10-21/h3-6,11H,7-10H2,1-2H3.